The Kier molecular flexibility index (Phi) is 7.34. The highest BCUT2D eigenvalue weighted by atomic mass is 32.2. The topological polar surface area (TPSA) is 95.9 Å². The van der Waals surface area contributed by atoms with E-state index in [1.807, 2.05) is 23.1 Å². The quantitative estimate of drug-likeness (QED) is 0.594. The minimum absolute atomic E-state index is 0.0572. The molecule has 1 aromatic carbocycles. The number of carbonyl (C=O) groups is 1. The summed E-state index contributed by atoms with van der Waals surface area (Å²) < 4.78 is 29.0. The number of terminal acetylenes is 1. The van der Waals surface area contributed by atoms with Crippen molar-refractivity contribution in [2.75, 3.05) is 43.9 Å². The lowest BCUT2D eigenvalue weighted by molar-refractivity contribution is 0.0219. The smallest absolute Gasteiger partial charge is 0.411 e. The molecule has 0 bridgehead atoms. The van der Waals surface area contributed by atoms with Gasteiger partial charge in [-0.2, -0.15) is 0 Å². The van der Waals surface area contributed by atoms with Crippen molar-refractivity contribution < 1.29 is 17.9 Å². The monoisotopic (exact) mass is 483 g/mol. The summed E-state index contributed by atoms with van der Waals surface area (Å²) in [7, 11) is -3.37. The number of amides is 1. The number of piperazine rings is 1. The number of hydrogen-bond acceptors (Lipinski definition) is 8. The van der Waals surface area contributed by atoms with Crippen LogP contribution in [0, 0.1) is 12.3 Å². The van der Waals surface area contributed by atoms with Crippen LogP contribution in [0.5, 0.6) is 0 Å². The summed E-state index contributed by atoms with van der Waals surface area (Å²) in [6, 6.07) is 9.86. The molecule has 2 aliphatic heterocycles. The lowest BCUT2D eigenvalue weighted by Crippen LogP contribution is -2.56. The van der Waals surface area contributed by atoms with Gasteiger partial charge in [-0.1, -0.05) is 36.3 Å². The molecule has 0 radical (unpaired) electrons. The van der Waals surface area contributed by atoms with E-state index in [1.54, 1.807) is 4.90 Å². The Morgan fingerprint density at radius 2 is 1.79 bits per heavy atom. The number of benzene rings is 1. The van der Waals surface area contributed by atoms with E-state index in [2.05, 4.69) is 32.9 Å². The highest BCUT2D eigenvalue weighted by Crippen LogP contribution is 2.21. The normalized spacial score (nSPS) is 20.1. The molecule has 1 amide bonds. The summed E-state index contributed by atoms with van der Waals surface area (Å²) in [5, 5.41) is 0. The molecule has 9 nitrogen and oxygen atoms in total. The Bertz CT molecular complexity index is 1130. The summed E-state index contributed by atoms with van der Waals surface area (Å²) in [6.07, 6.45) is 10.5. The van der Waals surface area contributed by atoms with Crippen LogP contribution in [0.3, 0.4) is 0 Å². The van der Waals surface area contributed by atoms with Crippen LogP contribution in [-0.4, -0.2) is 85.4 Å². The van der Waals surface area contributed by atoms with Gasteiger partial charge in [-0.3, -0.25) is 9.80 Å². The molecule has 0 N–H and O–H groups in total. The molecule has 10 heteroatoms. The summed E-state index contributed by atoms with van der Waals surface area (Å²) in [5.41, 5.74) is 1.28. The van der Waals surface area contributed by atoms with E-state index in [0.717, 1.165) is 38.7 Å². The molecular formula is C24H29N5O4S. The van der Waals surface area contributed by atoms with E-state index in [9.17, 15) is 13.2 Å². The van der Waals surface area contributed by atoms with Gasteiger partial charge < -0.3 is 9.64 Å². The van der Waals surface area contributed by atoms with Gasteiger partial charge in [0.05, 0.1) is 18.9 Å². The van der Waals surface area contributed by atoms with Crippen LogP contribution in [0.25, 0.3) is 0 Å². The maximum Gasteiger partial charge on any atom is 0.411 e. The van der Waals surface area contributed by atoms with E-state index >= 15 is 0 Å². The van der Waals surface area contributed by atoms with Crippen LogP contribution in [0.1, 0.15) is 18.4 Å². The fourth-order valence-electron chi connectivity index (χ4n) is 4.23. The number of likely N-dealkylation sites (tertiary alicyclic amines) is 1. The van der Waals surface area contributed by atoms with E-state index in [4.69, 9.17) is 11.2 Å². The highest BCUT2D eigenvalue weighted by Gasteiger charge is 2.33. The minimum Gasteiger partial charge on any atom is -0.446 e. The lowest BCUT2D eigenvalue weighted by Gasteiger charge is -2.39. The zero-order chi connectivity index (χ0) is 24.1. The number of ether oxygens (including phenoxy) is 1. The van der Waals surface area contributed by atoms with Crippen molar-refractivity contribution in [2.24, 2.45) is 0 Å². The molecule has 0 aliphatic carbocycles. The predicted octanol–water partition coefficient (Wildman–Crippen LogP) is 1.81. The standard InChI is InChI=1S/C24H29N5O4S/c1-3-20-18-28(23-25-15-22(16-26-23)34(2,31)32)13-14-29(20)24(30)33-21-9-11-27(12-10-21)17-19-7-5-4-6-8-19/h1,4-8,15-16,20-21H,9-14,17-18H2,2H3/t20-/m1/s1. The van der Waals surface area contributed by atoms with Crippen molar-refractivity contribution in [2.45, 2.75) is 36.4 Å². The van der Waals surface area contributed by atoms with E-state index in [1.165, 1.54) is 18.0 Å². The third-order valence-electron chi connectivity index (χ3n) is 6.18. The minimum atomic E-state index is -3.37. The third-order valence-corrected chi connectivity index (χ3v) is 7.25. The van der Waals surface area contributed by atoms with Crippen molar-refractivity contribution in [1.29, 1.82) is 0 Å². The first kappa shape index (κ1) is 24.0. The molecule has 1 atom stereocenters. The Hall–Kier alpha value is -3.16. The first-order valence-electron chi connectivity index (χ1n) is 11.3. The van der Waals surface area contributed by atoms with Gasteiger partial charge in [0.1, 0.15) is 17.0 Å². The van der Waals surface area contributed by atoms with Crippen LogP contribution in [-0.2, 0) is 21.1 Å². The van der Waals surface area contributed by atoms with Crippen LogP contribution < -0.4 is 4.90 Å². The molecule has 180 valence electrons. The van der Waals surface area contributed by atoms with Crippen molar-refractivity contribution >= 4 is 21.9 Å². The largest absolute Gasteiger partial charge is 0.446 e. The number of nitrogens with zero attached hydrogens (tertiary/aromatic N) is 5. The van der Waals surface area contributed by atoms with Gasteiger partial charge in [-0.25, -0.2) is 23.2 Å². The number of carbonyl (C=O) groups excluding carboxylic acids is 1. The zero-order valence-electron chi connectivity index (χ0n) is 19.2. The van der Waals surface area contributed by atoms with Gasteiger partial charge >= 0.3 is 6.09 Å². The number of anilines is 1. The maximum absolute atomic E-state index is 12.9. The molecular weight excluding hydrogens is 454 g/mol. The van der Waals surface area contributed by atoms with Crippen LogP contribution in [0.4, 0.5) is 10.7 Å². The molecule has 0 unspecified atom stereocenters. The van der Waals surface area contributed by atoms with Gasteiger partial charge in [0, 0.05) is 39.0 Å². The van der Waals surface area contributed by atoms with Crippen LogP contribution >= 0.6 is 0 Å². The van der Waals surface area contributed by atoms with Crippen LogP contribution in [0.15, 0.2) is 47.6 Å². The van der Waals surface area contributed by atoms with E-state index in [0.29, 0.717) is 25.6 Å². The van der Waals surface area contributed by atoms with E-state index < -0.39 is 22.0 Å². The van der Waals surface area contributed by atoms with Crippen molar-refractivity contribution in [3.8, 4) is 12.3 Å². The molecule has 34 heavy (non-hydrogen) atoms. The third kappa shape index (κ3) is 5.85. The molecule has 0 saturated carbocycles. The zero-order valence-corrected chi connectivity index (χ0v) is 20.0. The van der Waals surface area contributed by atoms with Gasteiger partial charge in [0.2, 0.25) is 5.95 Å². The van der Waals surface area contributed by atoms with Gasteiger partial charge in [0.15, 0.2) is 9.84 Å². The fraction of sp³-hybridized carbons (Fsp3) is 0.458. The van der Waals surface area contributed by atoms with E-state index in [-0.39, 0.29) is 11.0 Å². The second kappa shape index (κ2) is 10.4. The first-order chi connectivity index (χ1) is 16.3. The maximum atomic E-state index is 12.9. The highest BCUT2D eigenvalue weighted by molar-refractivity contribution is 7.90. The second-order valence-electron chi connectivity index (χ2n) is 8.66. The number of hydrogen-bond donors (Lipinski definition) is 0. The Balaban J connectivity index is 1.28. The summed E-state index contributed by atoms with van der Waals surface area (Å²) in [4.78, 5) is 27.1. The van der Waals surface area contributed by atoms with Crippen LogP contribution in [0.2, 0.25) is 0 Å². The Labute approximate surface area is 200 Å². The molecule has 4 rings (SSSR count). The predicted molar refractivity (Wildman–Crippen MR) is 128 cm³/mol. The average Bonchev–Trinajstić information content (AvgIpc) is 2.85. The lowest BCUT2D eigenvalue weighted by atomic mass is 10.1. The second-order valence-corrected chi connectivity index (χ2v) is 10.7. The molecule has 2 aliphatic rings. The number of aromatic nitrogens is 2. The molecule has 2 fully saturated rings. The van der Waals surface area contributed by atoms with Crippen molar-refractivity contribution in [1.82, 2.24) is 19.8 Å². The summed E-state index contributed by atoms with van der Waals surface area (Å²) in [5.74, 6) is 3.05. The number of rotatable bonds is 5. The number of sulfone groups is 1. The SMILES string of the molecule is C#C[C@@H]1CN(c2ncc(S(C)(=O)=O)cn2)CCN1C(=O)OC1CCN(Cc2ccccc2)CC1. The Morgan fingerprint density at radius 1 is 1.12 bits per heavy atom. The molecule has 2 saturated heterocycles. The molecule has 3 heterocycles. The molecule has 2 aromatic rings. The fourth-order valence-corrected chi connectivity index (χ4v) is 4.72. The number of piperidine rings is 1. The van der Waals surface area contributed by atoms with Crippen molar-refractivity contribution in [3.63, 3.8) is 0 Å². The van der Waals surface area contributed by atoms with Crippen molar-refractivity contribution in [3.05, 3.63) is 48.3 Å². The van der Waals surface area contributed by atoms with Gasteiger partial charge in [0.25, 0.3) is 0 Å². The summed E-state index contributed by atoms with van der Waals surface area (Å²) >= 11 is 0. The average molecular weight is 484 g/mol. The van der Waals surface area contributed by atoms with Gasteiger partial charge in [-0.05, 0) is 18.4 Å². The Morgan fingerprint density at radius 3 is 2.41 bits per heavy atom. The molecule has 0 spiro atoms. The molecule has 1 aromatic heterocycles. The van der Waals surface area contributed by atoms with Gasteiger partial charge in [-0.15, -0.1) is 6.42 Å². The summed E-state index contributed by atoms with van der Waals surface area (Å²) in [6.45, 7) is 3.84. The first-order valence-corrected chi connectivity index (χ1v) is 13.2.